The minimum absolute atomic E-state index is 0.227. The van der Waals surface area contributed by atoms with Gasteiger partial charge in [0.15, 0.2) is 0 Å². The largest absolute Gasteiger partial charge is 0.486 e. The Morgan fingerprint density at radius 2 is 2.00 bits per heavy atom. The minimum Gasteiger partial charge on any atom is -0.486 e. The van der Waals surface area contributed by atoms with Crippen LogP contribution >= 0.6 is 0 Å². The van der Waals surface area contributed by atoms with Crippen LogP contribution in [0.5, 0.6) is 5.75 Å². The first kappa shape index (κ1) is 20.5. The molecule has 1 aromatic rings. The van der Waals surface area contributed by atoms with E-state index in [-0.39, 0.29) is 23.5 Å². The van der Waals surface area contributed by atoms with E-state index in [9.17, 15) is 14.4 Å². The zero-order chi connectivity index (χ0) is 21.5. The maximum absolute atomic E-state index is 12.3. The van der Waals surface area contributed by atoms with E-state index in [1.165, 1.54) is 0 Å². The third kappa shape index (κ3) is 4.37. The van der Waals surface area contributed by atoms with Gasteiger partial charge in [-0.2, -0.15) is 0 Å². The van der Waals surface area contributed by atoms with Crippen LogP contribution in [-0.4, -0.2) is 53.1 Å². The molecule has 8 heteroatoms. The number of rotatable bonds is 2. The summed E-state index contributed by atoms with van der Waals surface area (Å²) in [7, 11) is 0. The monoisotopic (exact) mass is 415 g/mol. The number of anilines is 1. The molecule has 1 spiro atoms. The van der Waals surface area contributed by atoms with Gasteiger partial charge in [0, 0.05) is 50.5 Å². The number of carbonyl (C=O) groups excluding carboxylic acids is 3. The highest BCUT2D eigenvalue weighted by Crippen LogP contribution is 2.42. The smallest absolute Gasteiger partial charge is 0.410 e. The van der Waals surface area contributed by atoms with Gasteiger partial charge in [0.05, 0.1) is 0 Å². The number of benzene rings is 1. The Labute approximate surface area is 176 Å². The van der Waals surface area contributed by atoms with Crippen LogP contribution in [-0.2, 0) is 20.7 Å². The van der Waals surface area contributed by atoms with Crippen molar-refractivity contribution in [3.05, 3.63) is 23.8 Å². The molecule has 0 aliphatic carbocycles. The fraction of sp³-hybridized carbons (Fsp3) is 0.591. The number of nitrogens with one attached hydrogen (secondary N) is 2. The van der Waals surface area contributed by atoms with Crippen molar-refractivity contribution < 1.29 is 23.9 Å². The number of carbonyl (C=O) groups is 3. The Morgan fingerprint density at radius 1 is 1.27 bits per heavy atom. The summed E-state index contributed by atoms with van der Waals surface area (Å²) >= 11 is 0. The summed E-state index contributed by atoms with van der Waals surface area (Å²) in [5.41, 5.74) is 1.13. The Hall–Kier alpha value is -2.77. The van der Waals surface area contributed by atoms with Gasteiger partial charge < -0.3 is 19.7 Å². The molecule has 2 saturated heterocycles. The number of imide groups is 1. The normalized spacial score (nSPS) is 22.9. The average Bonchev–Trinajstić information content (AvgIpc) is 3.00. The highest BCUT2D eigenvalue weighted by molar-refractivity contribution is 6.01. The molecule has 162 valence electrons. The number of likely N-dealkylation sites (tertiary alicyclic amines) is 1. The lowest BCUT2D eigenvalue weighted by molar-refractivity contribution is -0.133. The average molecular weight is 415 g/mol. The number of piperidine rings is 2. The third-order valence-corrected chi connectivity index (χ3v) is 5.81. The SMILES string of the molecule is CC(C)(C)OC(=O)N1CCC2(CC1)Cc1ccc(NC3CCC(=O)NC3=O)cc1O2. The summed E-state index contributed by atoms with van der Waals surface area (Å²) < 4.78 is 11.8. The van der Waals surface area contributed by atoms with E-state index in [1.807, 2.05) is 39.0 Å². The van der Waals surface area contributed by atoms with Crippen LogP contribution in [0.25, 0.3) is 0 Å². The molecule has 0 bridgehead atoms. The van der Waals surface area contributed by atoms with E-state index < -0.39 is 11.6 Å². The van der Waals surface area contributed by atoms with Crippen molar-refractivity contribution in [2.45, 2.75) is 70.1 Å². The Morgan fingerprint density at radius 3 is 2.67 bits per heavy atom. The highest BCUT2D eigenvalue weighted by Gasteiger charge is 2.43. The lowest BCUT2D eigenvalue weighted by Crippen LogP contribution is -2.50. The van der Waals surface area contributed by atoms with Crippen molar-refractivity contribution >= 4 is 23.6 Å². The Kier molecular flexibility index (Phi) is 5.11. The molecule has 2 fully saturated rings. The quantitative estimate of drug-likeness (QED) is 0.721. The van der Waals surface area contributed by atoms with Crippen molar-refractivity contribution in [1.29, 1.82) is 0 Å². The number of hydrogen-bond acceptors (Lipinski definition) is 6. The summed E-state index contributed by atoms with van der Waals surface area (Å²) in [6.07, 6.45) is 2.84. The predicted octanol–water partition coefficient (Wildman–Crippen LogP) is 2.61. The maximum Gasteiger partial charge on any atom is 0.410 e. The number of ether oxygens (including phenoxy) is 2. The van der Waals surface area contributed by atoms with Crippen LogP contribution in [0, 0.1) is 0 Å². The number of nitrogens with zero attached hydrogens (tertiary/aromatic N) is 1. The third-order valence-electron chi connectivity index (χ3n) is 5.81. The number of amides is 3. The first-order valence-corrected chi connectivity index (χ1v) is 10.5. The van der Waals surface area contributed by atoms with Gasteiger partial charge >= 0.3 is 6.09 Å². The molecule has 1 aromatic carbocycles. The molecule has 8 nitrogen and oxygen atoms in total. The fourth-order valence-corrected chi connectivity index (χ4v) is 4.24. The van der Waals surface area contributed by atoms with Crippen molar-refractivity contribution in [3.63, 3.8) is 0 Å². The molecular weight excluding hydrogens is 386 g/mol. The van der Waals surface area contributed by atoms with Gasteiger partial charge in [-0.25, -0.2) is 4.79 Å². The molecule has 2 N–H and O–H groups in total. The molecule has 30 heavy (non-hydrogen) atoms. The van der Waals surface area contributed by atoms with Crippen molar-refractivity contribution in [2.24, 2.45) is 0 Å². The lowest BCUT2D eigenvalue weighted by Gasteiger charge is -2.39. The van der Waals surface area contributed by atoms with Gasteiger partial charge in [-0.1, -0.05) is 6.07 Å². The molecular formula is C22H29N3O5. The van der Waals surface area contributed by atoms with Crippen molar-refractivity contribution in [3.8, 4) is 5.75 Å². The summed E-state index contributed by atoms with van der Waals surface area (Å²) in [5.74, 6) is 0.298. The van der Waals surface area contributed by atoms with Crippen LogP contribution in [0.3, 0.4) is 0 Å². The second-order valence-corrected chi connectivity index (χ2v) is 9.40. The lowest BCUT2D eigenvalue weighted by atomic mass is 9.87. The van der Waals surface area contributed by atoms with Crippen LogP contribution in [0.4, 0.5) is 10.5 Å². The van der Waals surface area contributed by atoms with Crippen molar-refractivity contribution in [1.82, 2.24) is 10.2 Å². The van der Waals surface area contributed by atoms with E-state index in [2.05, 4.69) is 10.6 Å². The predicted molar refractivity (Wildman–Crippen MR) is 110 cm³/mol. The second kappa shape index (κ2) is 7.49. The molecule has 0 radical (unpaired) electrons. The van der Waals surface area contributed by atoms with Crippen LogP contribution < -0.4 is 15.4 Å². The molecule has 0 aromatic heterocycles. The zero-order valence-electron chi connectivity index (χ0n) is 17.7. The Balaban J connectivity index is 1.37. The van der Waals surface area contributed by atoms with Crippen LogP contribution in [0.1, 0.15) is 52.0 Å². The number of hydrogen-bond donors (Lipinski definition) is 2. The first-order valence-electron chi connectivity index (χ1n) is 10.5. The van der Waals surface area contributed by atoms with E-state index in [1.54, 1.807) is 4.90 Å². The van der Waals surface area contributed by atoms with E-state index in [0.717, 1.165) is 36.3 Å². The zero-order valence-corrected chi connectivity index (χ0v) is 17.7. The molecule has 3 amide bonds. The van der Waals surface area contributed by atoms with E-state index in [0.29, 0.717) is 25.9 Å². The van der Waals surface area contributed by atoms with Gasteiger partial charge in [0.2, 0.25) is 11.8 Å². The number of fused-ring (bicyclic) bond motifs is 1. The highest BCUT2D eigenvalue weighted by atomic mass is 16.6. The molecule has 3 heterocycles. The topological polar surface area (TPSA) is 97.0 Å². The van der Waals surface area contributed by atoms with E-state index in [4.69, 9.17) is 9.47 Å². The molecule has 1 atom stereocenters. The molecule has 3 aliphatic rings. The summed E-state index contributed by atoms with van der Waals surface area (Å²) in [5, 5.41) is 5.56. The van der Waals surface area contributed by atoms with Gasteiger partial charge in [0.25, 0.3) is 0 Å². The Bertz CT molecular complexity index is 868. The minimum atomic E-state index is -0.502. The molecule has 4 rings (SSSR count). The summed E-state index contributed by atoms with van der Waals surface area (Å²) in [6.45, 7) is 6.81. The van der Waals surface area contributed by atoms with Gasteiger partial charge in [-0.05, 0) is 38.8 Å². The fourth-order valence-electron chi connectivity index (χ4n) is 4.24. The first-order chi connectivity index (χ1) is 14.1. The van der Waals surface area contributed by atoms with Crippen molar-refractivity contribution in [2.75, 3.05) is 18.4 Å². The van der Waals surface area contributed by atoms with E-state index >= 15 is 0 Å². The summed E-state index contributed by atoms with van der Waals surface area (Å²) in [6, 6.07) is 5.47. The van der Waals surface area contributed by atoms with Crippen LogP contribution in [0.2, 0.25) is 0 Å². The second-order valence-electron chi connectivity index (χ2n) is 9.40. The van der Waals surface area contributed by atoms with Gasteiger partial charge in [-0.15, -0.1) is 0 Å². The molecule has 0 saturated carbocycles. The van der Waals surface area contributed by atoms with Gasteiger partial charge in [0.1, 0.15) is 23.0 Å². The van der Waals surface area contributed by atoms with Gasteiger partial charge in [-0.3, -0.25) is 14.9 Å². The van der Waals surface area contributed by atoms with Crippen LogP contribution in [0.15, 0.2) is 18.2 Å². The molecule has 3 aliphatic heterocycles. The molecule has 1 unspecified atom stereocenters. The summed E-state index contributed by atoms with van der Waals surface area (Å²) in [4.78, 5) is 37.4. The maximum atomic E-state index is 12.3. The standard InChI is InChI=1S/C22H29N3O5/c1-21(2,3)30-20(28)25-10-8-22(9-11-25)13-14-4-5-15(12-17(14)29-22)23-16-6-7-18(26)24-19(16)27/h4-5,12,16,23H,6-11,13H2,1-3H3,(H,24,26,27).